The van der Waals surface area contributed by atoms with Crippen LogP contribution in [0, 0.1) is 0 Å². The molecular weight excluding hydrogens is 231 g/mol. The van der Waals surface area contributed by atoms with Crippen molar-refractivity contribution in [3.63, 3.8) is 0 Å². The molecule has 0 aliphatic carbocycles. The summed E-state index contributed by atoms with van der Waals surface area (Å²) in [5.74, 6) is 0. The second-order valence-electron chi connectivity index (χ2n) is 0.876. The van der Waals surface area contributed by atoms with Crippen LogP contribution in [0.3, 0.4) is 0 Å². The summed E-state index contributed by atoms with van der Waals surface area (Å²) < 4.78 is 64.4. The zero-order valence-corrected chi connectivity index (χ0v) is 9.33. The average Bonchev–Trinajstić information content (AvgIpc) is 1.12. The van der Waals surface area contributed by atoms with Crippen LogP contribution in [0.5, 0.6) is 0 Å². The van der Waals surface area contributed by atoms with Crippen molar-refractivity contribution in [3.05, 3.63) is 0 Å². The fraction of sp³-hybridized carbons (Fsp3) is 0. The second kappa shape index (κ2) is 8.31. The van der Waals surface area contributed by atoms with Crippen molar-refractivity contribution in [2.45, 2.75) is 0 Å². The van der Waals surface area contributed by atoms with E-state index in [1.807, 2.05) is 0 Å². The smallest absolute Gasteiger partial charge is 0.726 e. The Bertz CT molecular complexity index is 209. The summed E-state index contributed by atoms with van der Waals surface area (Å²) in [6.07, 6.45) is 0. The molecule has 0 spiro atoms. The van der Waals surface area contributed by atoms with E-state index in [4.69, 9.17) is 35.0 Å². The molecule has 0 amide bonds. The van der Waals surface area contributed by atoms with E-state index in [0.29, 0.717) is 0 Å². The van der Waals surface area contributed by atoms with Gasteiger partial charge in [-0.05, 0) is 0 Å². The number of rotatable bonds is 0. The molecule has 0 heterocycles. The van der Waals surface area contributed by atoms with Crippen molar-refractivity contribution in [2.75, 3.05) is 0 Å². The normalized spacial score (nSPS) is 9.67. The van der Waals surface area contributed by atoms with Crippen LogP contribution in [-0.2, 0) is 20.8 Å². The molecule has 0 radical (unpaired) electrons. The van der Waals surface area contributed by atoms with Crippen LogP contribution in [0.2, 0.25) is 0 Å². The monoisotopic (exact) mass is 236 g/mol. The van der Waals surface area contributed by atoms with Crippen LogP contribution in [-0.4, -0.2) is 40.5 Å². The minimum absolute atomic E-state index is 0. The van der Waals surface area contributed by atoms with Gasteiger partial charge in [-0.15, -0.1) is 0 Å². The maximum absolute atomic E-state index is 8.74. The summed E-state index contributed by atoms with van der Waals surface area (Å²) in [7, 11) is -9.58. The third-order valence-corrected chi connectivity index (χ3v) is 0. The summed E-state index contributed by atoms with van der Waals surface area (Å²) in [6.45, 7) is 0. The molecule has 0 saturated carbocycles. The fourth-order valence-electron chi connectivity index (χ4n) is 0. The molecule has 0 aromatic carbocycles. The molecular formula is H5NaO9S2. The molecule has 0 saturated heterocycles. The maximum atomic E-state index is 8.74. The molecule has 0 aliphatic heterocycles. The Balaban J connectivity index is -0.0000000457. The third-order valence-electron chi connectivity index (χ3n) is 0. The molecule has 9 nitrogen and oxygen atoms in total. The van der Waals surface area contributed by atoms with Crippen molar-refractivity contribution in [2.24, 2.45) is 0 Å². The predicted molar refractivity (Wildman–Crippen MR) is 30.1 cm³/mol. The van der Waals surface area contributed by atoms with Gasteiger partial charge in [0.15, 0.2) is 0 Å². The molecule has 12 heavy (non-hydrogen) atoms. The van der Waals surface area contributed by atoms with Gasteiger partial charge in [0.25, 0.3) is 0 Å². The molecule has 5 N–H and O–H groups in total. The number of hydrogen-bond acceptors (Lipinski definition) is 5. The molecule has 0 fully saturated rings. The van der Waals surface area contributed by atoms with Crippen molar-refractivity contribution in [3.8, 4) is 0 Å². The van der Waals surface area contributed by atoms with Gasteiger partial charge < -0.3 is 10.0 Å². The van der Waals surface area contributed by atoms with Crippen molar-refractivity contribution < 1.29 is 70.1 Å². The average molecular weight is 236 g/mol. The van der Waals surface area contributed by atoms with E-state index in [1.54, 1.807) is 0 Å². The molecule has 0 aromatic heterocycles. The van der Waals surface area contributed by atoms with Gasteiger partial charge >= 0.3 is 40.0 Å². The van der Waals surface area contributed by atoms with Gasteiger partial charge in [-0.3, -0.25) is 13.7 Å². The SMILES string of the molecule is O.O=S(=O)(O)O.O=S(=O)([O-])O.[Na+]. The Morgan fingerprint density at radius 2 is 0.917 bits per heavy atom. The molecule has 12 heteroatoms. The summed E-state index contributed by atoms with van der Waals surface area (Å²) in [4.78, 5) is 0. The van der Waals surface area contributed by atoms with Crippen molar-refractivity contribution in [1.82, 2.24) is 0 Å². The van der Waals surface area contributed by atoms with Gasteiger partial charge in [-0.2, -0.15) is 8.42 Å². The van der Waals surface area contributed by atoms with Gasteiger partial charge in [-0.25, -0.2) is 8.42 Å². The van der Waals surface area contributed by atoms with Crippen LogP contribution in [0.25, 0.3) is 0 Å². The quantitative estimate of drug-likeness (QED) is 0.211. The Kier molecular flexibility index (Phi) is 15.9. The Morgan fingerprint density at radius 3 is 0.917 bits per heavy atom. The van der Waals surface area contributed by atoms with Gasteiger partial charge in [0.05, 0.1) is 0 Å². The van der Waals surface area contributed by atoms with Gasteiger partial charge in [0, 0.05) is 0 Å². The standard InChI is InChI=1S/Na.2H2O4S.H2O/c;2*1-5(2,3)4;/h;2*(H2,1,2,3,4);1H2/q+1;;;/p-1. The molecule has 0 aliphatic rings. The summed E-state index contributed by atoms with van der Waals surface area (Å²) >= 11 is 0. The van der Waals surface area contributed by atoms with Crippen molar-refractivity contribution in [1.29, 1.82) is 0 Å². The first-order chi connectivity index (χ1) is 4.00. The van der Waals surface area contributed by atoms with E-state index in [0.717, 1.165) is 0 Å². The van der Waals surface area contributed by atoms with Crippen LogP contribution in [0.4, 0.5) is 0 Å². The summed E-state index contributed by atoms with van der Waals surface area (Å²) in [6, 6.07) is 0. The summed E-state index contributed by atoms with van der Waals surface area (Å²) in [5, 5.41) is 0. The first-order valence-electron chi connectivity index (χ1n) is 1.38. The predicted octanol–water partition coefficient (Wildman–Crippen LogP) is -5.47. The van der Waals surface area contributed by atoms with E-state index in [9.17, 15) is 0 Å². The Hall–Kier alpha value is 0.700. The van der Waals surface area contributed by atoms with E-state index in [2.05, 4.69) is 0 Å². The molecule has 0 atom stereocenters. The first kappa shape index (κ1) is 23.0. The Morgan fingerprint density at radius 1 is 0.917 bits per heavy atom. The third kappa shape index (κ3) is 2050. The van der Waals surface area contributed by atoms with E-state index in [1.165, 1.54) is 0 Å². The minimum atomic E-state index is -4.92. The molecule has 0 unspecified atom stereocenters. The van der Waals surface area contributed by atoms with Crippen molar-refractivity contribution >= 4 is 20.8 Å². The second-order valence-corrected chi connectivity index (χ2v) is 2.63. The number of hydrogen-bond donors (Lipinski definition) is 3. The fourth-order valence-corrected chi connectivity index (χ4v) is 0. The maximum Gasteiger partial charge on any atom is 1.00 e. The zero-order valence-electron chi connectivity index (χ0n) is 5.70. The molecule has 0 bridgehead atoms. The van der Waals surface area contributed by atoms with Crippen LogP contribution < -0.4 is 29.6 Å². The van der Waals surface area contributed by atoms with Gasteiger partial charge in [0.2, 0.25) is 10.4 Å². The van der Waals surface area contributed by atoms with E-state index in [-0.39, 0.29) is 35.0 Å². The van der Waals surface area contributed by atoms with E-state index >= 15 is 0 Å². The summed E-state index contributed by atoms with van der Waals surface area (Å²) in [5.41, 5.74) is 0. The Labute approximate surface area is 90.5 Å². The first-order valence-corrected chi connectivity index (χ1v) is 4.14. The van der Waals surface area contributed by atoms with Crippen LogP contribution >= 0.6 is 0 Å². The zero-order chi connectivity index (χ0) is 9.00. The van der Waals surface area contributed by atoms with Crippen LogP contribution in [0.1, 0.15) is 0 Å². The molecule has 0 aromatic rings. The topological polar surface area (TPSA) is 184 Å². The van der Waals surface area contributed by atoms with Gasteiger partial charge in [0.1, 0.15) is 0 Å². The molecule has 72 valence electrons. The molecule has 0 rings (SSSR count). The van der Waals surface area contributed by atoms with Crippen LogP contribution in [0.15, 0.2) is 0 Å². The van der Waals surface area contributed by atoms with E-state index < -0.39 is 20.8 Å². The minimum Gasteiger partial charge on any atom is -0.726 e. The largest absolute Gasteiger partial charge is 1.00 e. The van der Waals surface area contributed by atoms with Gasteiger partial charge in [-0.1, -0.05) is 0 Å².